The second-order valence-electron chi connectivity index (χ2n) is 8.11. The molecule has 1 heterocycles. The molecule has 4 unspecified atom stereocenters. The van der Waals surface area contributed by atoms with Crippen molar-refractivity contribution < 1.29 is 0 Å². The van der Waals surface area contributed by atoms with Gasteiger partial charge in [0.1, 0.15) is 0 Å². The van der Waals surface area contributed by atoms with Crippen molar-refractivity contribution in [1.82, 2.24) is 10.3 Å². The minimum Gasteiger partial charge on any atom is -0.306 e. The molecule has 3 heteroatoms. The van der Waals surface area contributed by atoms with Crippen LogP contribution in [0.4, 0.5) is 0 Å². The Labute approximate surface area is 134 Å². The van der Waals surface area contributed by atoms with Gasteiger partial charge in [0.15, 0.2) is 0 Å². The van der Waals surface area contributed by atoms with E-state index in [1.54, 1.807) is 0 Å². The summed E-state index contributed by atoms with van der Waals surface area (Å²) >= 11 is 1.89. The number of nitrogens with one attached hydrogen (secondary N) is 1. The highest BCUT2D eigenvalue weighted by Crippen LogP contribution is 2.34. The van der Waals surface area contributed by atoms with Crippen molar-refractivity contribution >= 4 is 11.3 Å². The molecule has 1 aromatic heterocycles. The van der Waals surface area contributed by atoms with Gasteiger partial charge >= 0.3 is 0 Å². The van der Waals surface area contributed by atoms with Gasteiger partial charge in [0.25, 0.3) is 0 Å². The molecule has 120 valence electrons. The maximum atomic E-state index is 4.81. The van der Waals surface area contributed by atoms with E-state index >= 15 is 0 Å². The number of aromatic nitrogens is 1. The maximum Gasteiger partial charge on any atom is 0.0985 e. The molecule has 1 aliphatic rings. The Kier molecular flexibility index (Phi) is 5.15. The lowest BCUT2D eigenvalue weighted by Crippen LogP contribution is -2.40. The fraction of sp³-hybridized carbons (Fsp3) is 0.833. The minimum absolute atomic E-state index is 0.154. The van der Waals surface area contributed by atoms with Crippen molar-refractivity contribution in [3.63, 3.8) is 0 Å². The second kappa shape index (κ2) is 6.37. The fourth-order valence-electron chi connectivity index (χ4n) is 3.44. The summed E-state index contributed by atoms with van der Waals surface area (Å²) in [4.78, 5) is 6.23. The first kappa shape index (κ1) is 17.0. The molecule has 0 saturated heterocycles. The van der Waals surface area contributed by atoms with Gasteiger partial charge in [-0.25, -0.2) is 4.98 Å². The van der Waals surface area contributed by atoms with E-state index in [1.807, 2.05) is 11.3 Å². The first-order chi connectivity index (χ1) is 9.68. The number of nitrogens with zero attached hydrogens (tertiary/aromatic N) is 1. The minimum atomic E-state index is 0.154. The summed E-state index contributed by atoms with van der Waals surface area (Å²) in [5.74, 6) is 1.68. The first-order valence-electron chi connectivity index (χ1n) is 8.42. The first-order valence-corrected chi connectivity index (χ1v) is 9.24. The zero-order valence-electron chi connectivity index (χ0n) is 14.8. The molecule has 1 aromatic rings. The summed E-state index contributed by atoms with van der Waals surface area (Å²) in [6.07, 6.45) is 4.04. The van der Waals surface area contributed by atoms with Gasteiger partial charge in [-0.15, -0.1) is 11.3 Å². The van der Waals surface area contributed by atoms with Gasteiger partial charge in [-0.1, -0.05) is 34.6 Å². The van der Waals surface area contributed by atoms with Crippen molar-refractivity contribution in [2.45, 2.75) is 85.2 Å². The van der Waals surface area contributed by atoms with E-state index in [2.05, 4.69) is 53.8 Å². The molecule has 0 aromatic carbocycles. The van der Waals surface area contributed by atoms with E-state index in [-0.39, 0.29) is 5.41 Å². The van der Waals surface area contributed by atoms with Crippen LogP contribution >= 0.6 is 11.3 Å². The second-order valence-corrected chi connectivity index (χ2v) is 9.14. The third kappa shape index (κ3) is 4.07. The molecule has 0 radical (unpaired) electrons. The lowest BCUT2D eigenvalue weighted by atomic mass is 9.79. The largest absolute Gasteiger partial charge is 0.306 e. The SMILES string of the molecule is Cc1nc(C(C)(C)C)sc1C(C)NC1CCC(C)CC1C. The average molecular weight is 309 g/mol. The highest BCUT2D eigenvalue weighted by molar-refractivity contribution is 7.12. The van der Waals surface area contributed by atoms with E-state index < -0.39 is 0 Å². The van der Waals surface area contributed by atoms with E-state index in [0.717, 1.165) is 11.8 Å². The summed E-state index contributed by atoms with van der Waals surface area (Å²) in [5.41, 5.74) is 1.36. The van der Waals surface area contributed by atoms with Crippen molar-refractivity contribution in [3.8, 4) is 0 Å². The number of hydrogen-bond acceptors (Lipinski definition) is 3. The molecule has 2 nitrogen and oxygen atoms in total. The summed E-state index contributed by atoms with van der Waals surface area (Å²) in [6, 6.07) is 1.08. The molecule has 0 aliphatic heterocycles. The van der Waals surface area contributed by atoms with Gasteiger partial charge in [-0.05, 0) is 44.9 Å². The van der Waals surface area contributed by atoms with Gasteiger partial charge in [0.05, 0.1) is 10.7 Å². The molecule has 0 bridgehead atoms. The van der Waals surface area contributed by atoms with Crippen molar-refractivity contribution in [1.29, 1.82) is 0 Å². The normalized spacial score (nSPS) is 28.6. The summed E-state index contributed by atoms with van der Waals surface area (Å²) in [5, 5.41) is 5.14. The molecule has 0 spiro atoms. The maximum absolute atomic E-state index is 4.81. The van der Waals surface area contributed by atoms with Crippen LogP contribution in [0.1, 0.15) is 82.4 Å². The van der Waals surface area contributed by atoms with Crippen molar-refractivity contribution in [3.05, 3.63) is 15.6 Å². The molecule has 4 atom stereocenters. The highest BCUT2D eigenvalue weighted by Gasteiger charge is 2.28. The quantitative estimate of drug-likeness (QED) is 0.827. The van der Waals surface area contributed by atoms with Crippen LogP contribution in [0.2, 0.25) is 0 Å². The molecule has 1 N–H and O–H groups in total. The zero-order chi connectivity index (χ0) is 15.8. The number of thiazole rings is 1. The molecular formula is C18H32N2S. The van der Waals surface area contributed by atoms with Crippen LogP contribution in [0, 0.1) is 18.8 Å². The number of aryl methyl sites for hydroxylation is 1. The molecule has 21 heavy (non-hydrogen) atoms. The zero-order valence-corrected chi connectivity index (χ0v) is 15.6. The lowest BCUT2D eigenvalue weighted by molar-refractivity contribution is 0.217. The Balaban J connectivity index is 2.07. The fourth-order valence-corrected chi connectivity index (χ4v) is 4.58. The van der Waals surface area contributed by atoms with Crippen molar-refractivity contribution in [2.24, 2.45) is 11.8 Å². The monoisotopic (exact) mass is 308 g/mol. The molecule has 0 amide bonds. The van der Waals surface area contributed by atoms with Crippen LogP contribution in [-0.2, 0) is 5.41 Å². The van der Waals surface area contributed by atoms with Crippen LogP contribution in [0.5, 0.6) is 0 Å². The predicted octanol–water partition coefficient (Wildman–Crippen LogP) is 5.22. The van der Waals surface area contributed by atoms with E-state index in [0.29, 0.717) is 12.1 Å². The molecule has 1 aliphatic carbocycles. The smallest absolute Gasteiger partial charge is 0.0985 e. The number of hydrogen-bond donors (Lipinski definition) is 1. The van der Waals surface area contributed by atoms with Crippen LogP contribution in [0.3, 0.4) is 0 Å². The summed E-state index contributed by atoms with van der Waals surface area (Å²) in [7, 11) is 0. The van der Waals surface area contributed by atoms with Gasteiger partial charge in [0, 0.05) is 22.4 Å². The van der Waals surface area contributed by atoms with Gasteiger partial charge in [-0.3, -0.25) is 0 Å². The van der Waals surface area contributed by atoms with Gasteiger partial charge in [-0.2, -0.15) is 0 Å². The summed E-state index contributed by atoms with van der Waals surface area (Å²) in [6.45, 7) is 16.0. The van der Waals surface area contributed by atoms with E-state index in [9.17, 15) is 0 Å². The third-order valence-corrected chi connectivity index (χ3v) is 6.53. The van der Waals surface area contributed by atoms with Crippen LogP contribution < -0.4 is 5.32 Å². The lowest BCUT2D eigenvalue weighted by Gasteiger charge is -2.35. The van der Waals surface area contributed by atoms with E-state index in [4.69, 9.17) is 4.98 Å². The van der Waals surface area contributed by atoms with Crippen LogP contribution in [-0.4, -0.2) is 11.0 Å². The molecule has 2 rings (SSSR count). The van der Waals surface area contributed by atoms with Gasteiger partial charge in [0.2, 0.25) is 0 Å². The third-order valence-electron chi connectivity index (χ3n) is 4.76. The average Bonchev–Trinajstić information content (AvgIpc) is 2.75. The highest BCUT2D eigenvalue weighted by atomic mass is 32.1. The molecule has 1 saturated carbocycles. The Morgan fingerprint density at radius 2 is 1.90 bits per heavy atom. The Morgan fingerprint density at radius 1 is 1.24 bits per heavy atom. The topological polar surface area (TPSA) is 24.9 Å². The Morgan fingerprint density at radius 3 is 2.43 bits per heavy atom. The summed E-state index contributed by atoms with van der Waals surface area (Å²) < 4.78 is 0. The standard InChI is InChI=1S/C18H32N2S/c1-11-8-9-15(12(2)10-11)19-13(3)16-14(4)20-17(21-16)18(5,6)7/h11-13,15,19H,8-10H2,1-7H3. The Hall–Kier alpha value is -0.410. The Bertz CT molecular complexity index is 472. The van der Waals surface area contributed by atoms with E-state index in [1.165, 1.54) is 34.8 Å². The van der Waals surface area contributed by atoms with Crippen molar-refractivity contribution in [2.75, 3.05) is 0 Å². The predicted molar refractivity (Wildman–Crippen MR) is 93.1 cm³/mol. The van der Waals surface area contributed by atoms with Crippen LogP contribution in [0.25, 0.3) is 0 Å². The van der Waals surface area contributed by atoms with Gasteiger partial charge < -0.3 is 5.32 Å². The van der Waals surface area contributed by atoms with Crippen LogP contribution in [0.15, 0.2) is 0 Å². The molecule has 1 fully saturated rings. The molecular weight excluding hydrogens is 276 g/mol. The number of rotatable bonds is 3.